The molecule has 5 heteroatoms. The van der Waals surface area contributed by atoms with E-state index in [1.807, 2.05) is 42.1 Å². The van der Waals surface area contributed by atoms with Crippen molar-refractivity contribution in [1.29, 1.82) is 0 Å². The monoisotopic (exact) mass is 413 g/mol. The zero-order chi connectivity index (χ0) is 17.8. The third-order valence-corrected chi connectivity index (χ3v) is 5.36. The molecular weight excluding hydrogens is 394 g/mol. The minimum atomic E-state index is 0.737. The van der Waals surface area contributed by atoms with E-state index in [1.165, 1.54) is 11.1 Å². The van der Waals surface area contributed by atoms with Gasteiger partial charge >= 0.3 is 0 Å². The van der Waals surface area contributed by atoms with Crippen molar-refractivity contribution < 1.29 is 0 Å². The molecule has 0 aliphatic heterocycles. The number of aromatic nitrogens is 1. The molecule has 0 spiro atoms. The van der Waals surface area contributed by atoms with Gasteiger partial charge in [0.15, 0.2) is 0 Å². The standard InChI is InChI=1S/C20H20BrN3S/c1-4-22-20-24(23-12-16-6-9-18(21)10-7-16)19(13-25-20)17-8-5-14(2)15(3)11-17/h5-13H,4H2,1-3H3/b22-20?,23-12+. The van der Waals surface area contributed by atoms with Gasteiger partial charge in [0.25, 0.3) is 0 Å². The maximum absolute atomic E-state index is 4.71. The first kappa shape index (κ1) is 17.8. The Bertz CT molecular complexity index is 965. The van der Waals surface area contributed by atoms with Gasteiger partial charge in [-0.3, -0.25) is 4.99 Å². The lowest BCUT2D eigenvalue weighted by atomic mass is 10.1. The Kier molecular flexibility index (Phi) is 5.66. The van der Waals surface area contributed by atoms with E-state index in [1.54, 1.807) is 11.3 Å². The molecule has 0 saturated carbocycles. The third kappa shape index (κ3) is 4.17. The lowest BCUT2D eigenvalue weighted by Gasteiger charge is -2.06. The van der Waals surface area contributed by atoms with Crippen LogP contribution in [-0.2, 0) is 0 Å². The van der Waals surface area contributed by atoms with Crippen molar-refractivity contribution in [3.63, 3.8) is 0 Å². The van der Waals surface area contributed by atoms with E-state index >= 15 is 0 Å². The van der Waals surface area contributed by atoms with Crippen LogP contribution in [0.3, 0.4) is 0 Å². The van der Waals surface area contributed by atoms with E-state index in [9.17, 15) is 0 Å². The second-order valence-corrected chi connectivity index (χ2v) is 7.54. The van der Waals surface area contributed by atoms with Crippen molar-refractivity contribution in [2.45, 2.75) is 20.8 Å². The molecule has 0 N–H and O–H groups in total. The van der Waals surface area contributed by atoms with Crippen LogP contribution in [-0.4, -0.2) is 17.4 Å². The summed E-state index contributed by atoms with van der Waals surface area (Å²) in [4.78, 5) is 5.49. The second-order valence-electron chi connectivity index (χ2n) is 5.78. The summed E-state index contributed by atoms with van der Waals surface area (Å²) in [6, 6.07) is 14.6. The molecule has 3 nitrogen and oxygen atoms in total. The number of hydrogen-bond donors (Lipinski definition) is 0. The smallest absolute Gasteiger partial charge is 0.206 e. The van der Waals surface area contributed by atoms with Gasteiger partial charge in [-0.15, -0.1) is 11.3 Å². The van der Waals surface area contributed by atoms with Gasteiger partial charge in [0.1, 0.15) is 0 Å². The fraction of sp³-hybridized carbons (Fsp3) is 0.200. The Balaban J connectivity index is 2.07. The molecule has 1 aromatic heterocycles. The third-order valence-electron chi connectivity index (χ3n) is 3.97. The number of thiazole rings is 1. The predicted octanol–water partition coefficient (Wildman–Crippen LogP) is 5.40. The molecule has 0 amide bonds. The lowest BCUT2D eigenvalue weighted by Crippen LogP contribution is -2.12. The number of aryl methyl sites for hydroxylation is 2. The van der Waals surface area contributed by atoms with E-state index in [0.29, 0.717) is 0 Å². The van der Waals surface area contributed by atoms with Crippen molar-refractivity contribution >= 4 is 33.5 Å². The van der Waals surface area contributed by atoms with Crippen LogP contribution in [0.5, 0.6) is 0 Å². The summed E-state index contributed by atoms with van der Waals surface area (Å²) in [5.74, 6) is 0. The SMILES string of the molecule is CCN=c1scc(-c2ccc(C)c(C)c2)n1/N=C/c1ccc(Br)cc1. The van der Waals surface area contributed by atoms with Crippen LogP contribution in [0.2, 0.25) is 0 Å². The molecule has 0 aliphatic carbocycles. The Morgan fingerprint density at radius 3 is 2.52 bits per heavy atom. The van der Waals surface area contributed by atoms with Crippen molar-refractivity contribution in [3.8, 4) is 11.3 Å². The summed E-state index contributed by atoms with van der Waals surface area (Å²) in [6.45, 7) is 7.04. The summed E-state index contributed by atoms with van der Waals surface area (Å²) in [6.07, 6.45) is 1.87. The van der Waals surface area contributed by atoms with E-state index < -0.39 is 0 Å². The van der Waals surface area contributed by atoms with Gasteiger partial charge in [-0.25, -0.2) is 4.68 Å². The van der Waals surface area contributed by atoms with Gasteiger partial charge in [-0.05, 0) is 55.7 Å². The van der Waals surface area contributed by atoms with Gasteiger partial charge in [0.05, 0.1) is 11.9 Å². The summed E-state index contributed by atoms with van der Waals surface area (Å²) >= 11 is 5.08. The number of nitrogens with zero attached hydrogens (tertiary/aromatic N) is 3. The summed E-state index contributed by atoms with van der Waals surface area (Å²) in [5, 5.41) is 6.83. The minimum Gasteiger partial charge on any atom is -0.258 e. The average molecular weight is 414 g/mol. The van der Waals surface area contributed by atoms with Crippen LogP contribution in [0.4, 0.5) is 0 Å². The molecule has 0 radical (unpaired) electrons. The van der Waals surface area contributed by atoms with Crippen LogP contribution < -0.4 is 4.80 Å². The van der Waals surface area contributed by atoms with E-state index in [0.717, 1.165) is 32.6 Å². The summed E-state index contributed by atoms with van der Waals surface area (Å²) < 4.78 is 2.99. The first-order valence-corrected chi connectivity index (χ1v) is 9.84. The molecule has 0 atom stereocenters. The predicted molar refractivity (Wildman–Crippen MR) is 110 cm³/mol. The number of halogens is 1. The van der Waals surface area contributed by atoms with Crippen LogP contribution >= 0.6 is 27.3 Å². The van der Waals surface area contributed by atoms with Crippen LogP contribution in [0.15, 0.2) is 62.4 Å². The number of hydrogen-bond acceptors (Lipinski definition) is 3. The fourth-order valence-corrected chi connectivity index (χ4v) is 3.59. The van der Waals surface area contributed by atoms with Gasteiger partial charge < -0.3 is 0 Å². The quantitative estimate of drug-likeness (QED) is 0.512. The Morgan fingerprint density at radius 1 is 1.08 bits per heavy atom. The highest BCUT2D eigenvalue weighted by molar-refractivity contribution is 9.10. The van der Waals surface area contributed by atoms with Crippen LogP contribution in [0, 0.1) is 13.8 Å². The highest BCUT2D eigenvalue weighted by Gasteiger charge is 2.08. The fourth-order valence-electron chi connectivity index (χ4n) is 2.43. The zero-order valence-corrected chi connectivity index (χ0v) is 16.9. The van der Waals surface area contributed by atoms with Gasteiger partial charge in [-0.1, -0.05) is 40.2 Å². The first-order valence-electron chi connectivity index (χ1n) is 8.17. The van der Waals surface area contributed by atoms with E-state index in [2.05, 4.69) is 58.3 Å². The van der Waals surface area contributed by atoms with Crippen LogP contribution in [0.25, 0.3) is 11.3 Å². The molecule has 1 heterocycles. The minimum absolute atomic E-state index is 0.737. The molecule has 0 saturated heterocycles. The maximum atomic E-state index is 4.71. The highest BCUT2D eigenvalue weighted by atomic mass is 79.9. The van der Waals surface area contributed by atoms with Gasteiger partial charge in [-0.2, -0.15) is 5.10 Å². The van der Waals surface area contributed by atoms with Gasteiger partial charge in [0.2, 0.25) is 4.80 Å². The number of rotatable bonds is 4. The average Bonchev–Trinajstić information content (AvgIpc) is 3.00. The molecular formula is C20H20BrN3S. The first-order chi connectivity index (χ1) is 12.1. The second kappa shape index (κ2) is 7.93. The Morgan fingerprint density at radius 2 is 1.84 bits per heavy atom. The lowest BCUT2D eigenvalue weighted by molar-refractivity contribution is 0.833. The van der Waals surface area contributed by atoms with Crippen LogP contribution in [0.1, 0.15) is 23.6 Å². The molecule has 3 aromatic rings. The van der Waals surface area contributed by atoms with E-state index in [4.69, 9.17) is 5.10 Å². The van der Waals surface area contributed by atoms with Crippen molar-refractivity contribution in [1.82, 2.24) is 4.68 Å². The maximum Gasteiger partial charge on any atom is 0.206 e. The topological polar surface area (TPSA) is 29.6 Å². The van der Waals surface area contributed by atoms with Crippen molar-refractivity contribution in [2.24, 2.45) is 10.1 Å². The van der Waals surface area contributed by atoms with E-state index in [-0.39, 0.29) is 0 Å². The molecule has 2 aromatic carbocycles. The largest absolute Gasteiger partial charge is 0.258 e. The molecule has 0 unspecified atom stereocenters. The molecule has 3 rings (SSSR count). The molecule has 0 aliphatic rings. The summed E-state index contributed by atoms with van der Waals surface area (Å²) in [7, 11) is 0. The zero-order valence-electron chi connectivity index (χ0n) is 14.5. The Labute approximate surface area is 160 Å². The Hall–Kier alpha value is -1.98. The van der Waals surface area contributed by atoms with Crippen molar-refractivity contribution in [2.75, 3.05) is 6.54 Å². The molecule has 25 heavy (non-hydrogen) atoms. The number of benzene rings is 2. The molecule has 128 valence electrons. The molecule has 0 fully saturated rings. The summed E-state index contributed by atoms with van der Waals surface area (Å²) in [5.41, 5.74) is 5.84. The highest BCUT2D eigenvalue weighted by Crippen LogP contribution is 2.23. The normalized spacial score (nSPS) is 12.2. The van der Waals surface area contributed by atoms with Crippen molar-refractivity contribution in [3.05, 3.63) is 73.8 Å². The molecule has 0 bridgehead atoms. The van der Waals surface area contributed by atoms with Gasteiger partial charge in [0, 0.05) is 22.0 Å².